The average molecular weight is 291 g/mol. The van der Waals surface area contributed by atoms with Crippen molar-refractivity contribution in [3.63, 3.8) is 0 Å². The van der Waals surface area contributed by atoms with Crippen LogP contribution in [-0.2, 0) is 6.54 Å². The minimum absolute atomic E-state index is 0.110. The summed E-state index contributed by atoms with van der Waals surface area (Å²) in [6.45, 7) is 6.93. The third-order valence-electron chi connectivity index (χ3n) is 4.12. The molecule has 0 saturated carbocycles. The highest BCUT2D eigenvalue weighted by Gasteiger charge is 2.13. The maximum absolute atomic E-state index is 12.7. The van der Waals surface area contributed by atoms with Crippen molar-refractivity contribution in [2.75, 3.05) is 13.1 Å². The van der Waals surface area contributed by atoms with Gasteiger partial charge in [0.15, 0.2) is 5.78 Å². The van der Waals surface area contributed by atoms with Crippen LogP contribution >= 0.6 is 0 Å². The van der Waals surface area contributed by atoms with E-state index in [1.807, 2.05) is 44.2 Å². The Morgan fingerprint density at radius 1 is 1.05 bits per heavy atom. The lowest BCUT2D eigenvalue weighted by Crippen LogP contribution is -2.19. The van der Waals surface area contributed by atoms with Crippen LogP contribution in [0.5, 0.6) is 0 Å². The molecule has 2 heteroatoms. The van der Waals surface area contributed by atoms with Gasteiger partial charge in [0.1, 0.15) is 0 Å². The minimum Gasteiger partial charge on any atom is -0.292 e. The normalized spacial score (nSPS) is 14.5. The van der Waals surface area contributed by atoms with Crippen molar-refractivity contribution in [1.82, 2.24) is 4.90 Å². The molecule has 3 rings (SSSR count). The van der Waals surface area contributed by atoms with Gasteiger partial charge >= 0.3 is 0 Å². The van der Waals surface area contributed by atoms with E-state index in [1.54, 1.807) is 0 Å². The molecule has 0 spiro atoms. The topological polar surface area (TPSA) is 20.3 Å². The fourth-order valence-electron chi connectivity index (χ4n) is 2.94. The molecule has 0 saturated heterocycles. The van der Waals surface area contributed by atoms with E-state index in [0.717, 1.165) is 36.3 Å². The van der Waals surface area contributed by atoms with Gasteiger partial charge in [0, 0.05) is 30.8 Å². The third kappa shape index (κ3) is 3.18. The van der Waals surface area contributed by atoms with E-state index in [4.69, 9.17) is 0 Å². The summed E-state index contributed by atoms with van der Waals surface area (Å²) in [5, 5.41) is 0. The van der Waals surface area contributed by atoms with Gasteiger partial charge in [-0.2, -0.15) is 0 Å². The van der Waals surface area contributed by atoms with Crippen molar-refractivity contribution in [3.8, 4) is 0 Å². The van der Waals surface area contributed by atoms with E-state index in [-0.39, 0.29) is 5.78 Å². The number of aryl methyl sites for hydroxylation is 2. The van der Waals surface area contributed by atoms with Crippen LogP contribution in [0.25, 0.3) is 0 Å². The second kappa shape index (κ2) is 6.29. The number of carbonyl (C=O) groups is 1. The molecule has 0 radical (unpaired) electrons. The first kappa shape index (κ1) is 14.7. The zero-order chi connectivity index (χ0) is 15.5. The van der Waals surface area contributed by atoms with Crippen molar-refractivity contribution in [2.24, 2.45) is 0 Å². The van der Waals surface area contributed by atoms with E-state index < -0.39 is 0 Å². The molecule has 112 valence electrons. The van der Waals surface area contributed by atoms with Gasteiger partial charge in [-0.3, -0.25) is 9.69 Å². The molecule has 1 aliphatic rings. The molecule has 0 atom stereocenters. The molecule has 2 nitrogen and oxygen atoms in total. The number of benzene rings is 2. The first-order valence-electron chi connectivity index (χ1n) is 7.72. The van der Waals surface area contributed by atoms with Crippen LogP contribution in [0, 0.1) is 13.8 Å². The zero-order valence-corrected chi connectivity index (χ0v) is 13.2. The molecular formula is C20H21NO. The van der Waals surface area contributed by atoms with Gasteiger partial charge in [0.2, 0.25) is 0 Å². The van der Waals surface area contributed by atoms with Crippen LogP contribution in [-0.4, -0.2) is 23.8 Å². The third-order valence-corrected chi connectivity index (χ3v) is 4.12. The Labute approximate surface area is 132 Å². The summed E-state index contributed by atoms with van der Waals surface area (Å²) in [4.78, 5) is 15.1. The largest absolute Gasteiger partial charge is 0.292 e. The van der Waals surface area contributed by atoms with E-state index >= 15 is 0 Å². The quantitative estimate of drug-likeness (QED) is 0.629. The lowest BCUT2D eigenvalue weighted by Gasteiger charge is -2.15. The molecule has 2 aromatic rings. The van der Waals surface area contributed by atoms with E-state index in [2.05, 4.69) is 29.2 Å². The highest BCUT2D eigenvalue weighted by Crippen LogP contribution is 2.18. The fourth-order valence-corrected chi connectivity index (χ4v) is 2.94. The molecule has 0 aliphatic carbocycles. The summed E-state index contributed by atoms with van der Waals surface area (Å²) in [6, 6.07) is 14.0. The van der Waals surface area contributed by atoms with Crippen LogP contribution in [0.4, 0.5) is 0 Å². The maximum atomic E-state index is 12.7. The molecule has 0 bridgehead atoms. The molecule has 0 fully saturated rings. The SMILES string of the molecule is Cc1ccc(C(=O)c2cccc(CN3CC=CC3)c2)c(C)c1. The molecule has 2 aromatic carbocycles. The summed E-state index contributed by atoms with van der Waals surface area (Å²) in [7, 11) is 0. The summed E-state index contributed by atoms with van der Waals surface area (Å²) in [6.07, 6.45) is 4.37. The van der Waals surface area contributed by atoms with Gasteiger partial charge in [0.05, 0.1) is 0 Å². The predicted molar refractivity (Wildman–Crippen MR) is 90.2 cm³/mol. The van der Waals surface area contributed by atoms with Crippen LogP contribution in [0.1, 0.15) is 32.6 Å². The highest BCUT2D eigenvalue weighted by molar-refractivity contribution is 6.10. The second-order valence-corrected chi connectivity index (χ2v) is 6.01. The van der Waals surface area contributed by atoms with Gasteiger partial charge in [-0.05, 0) is 31.0 Å². The van der Waals surface area contributed by atoms with E-state index in [9.17, 15) is 4.79 Å². The fraction of sp³-hybridized carbons (Fsp3) is 0.250. The Kier molecular flexibility index (Phi) is 4.21. The van der Waals surface area contributed by atoms with Gasteiger partial charge in [-0.25, -0.2) is 0 Å². The predicted octanol–water partition coefficient (Wildman–Crippen LogP) is 3.91. The van der Waals surface area contributed by atoms with Crippen molar-refractivity contribution in [1.29, 1.82) is 0 Å². The van der Waals surface area contributed by atoms with Crippen LogP contribution in [0.2, 0.25) is 0 Å². The molecule has 0 amide bonds. The van der Waals surface area contributed by atoms with Crippen LogP contribution < -0.4 is 0 Å². The van der Waals surface area contributed by atoms with Crippen LogP contribution in [0.15, 0.2) is 54.6 Å². The van der Waals surface area contributed by atoms with Crippen LogP contribution in [0.3, 0.4) is 0 Å². The molecular weight excluding hydrogens is 270 g/mol. The first-order valence-corrected chi connectivity index (χ1v) is 7.72. The van der Waals surface area contributed by atoms with Crippen molar-refractivity contribution >= 4 is 5.78 Å². The average Bonchev–Trinajstić information content (AvgIpc) is 3.00. The summed E-state index contributed by atoms with van der Waals surface area (Å²) in [5.74, 6) is 0.110. The van der Waals surface area contributed by atoms with Gasteiger partial charge in [-0.15, -0.1) is 0 Å². The molecule has 0 N–H and O–H groups in total. The van der Waals surface area contributed by atoms with E-state index in [1.165, 1.54) is 11.1 Å². The minimum atomic E-state index is 0.110. The monoisotopic (exact) mass is 291 g/mol. The summed E-state index contributed by atoms with van der Waals surface area (Å²) in [5.41, 5.74) is 4.99. The summed E-state index contributed by atoms with van der Waals surface area (Å²) >= 11 is 0. The van der Waals surface area contributed by atoms with Crippen molar-refractivity contribution < 1.29 is 4.79 Å². The molecule has 0 aromatic heterocycles. The van der Waals surface area contributed by atoms with Gasteiger partial charge in [0.25, 0.3) is 0 Å². The summed E-state index contributed by atoms with van der Waals surface area (Å²) < 4.78 is 0. The highest BCUT2D eigenvalue weighted by atomic mass is 16.1. The smallest absolute Gasteiger partial charge is 0.193 e. The molecule has 1 heterocycles. The van der Waals surface area contributed by atoms with Gasteiger partial charge in [-0.1, -0.05) is 54.1 Å². The first-order chi connectivity index (χ1) is 10.6. The molecule has 1 aliphatic heterocycles. The lowest BCUT2D eigenvalue weighted by molar-refractivity contribution is 0.103. The van der Waals surface area contributed by atoms with Gasteiger partial charge < -0.3 is 0 Å². The number of rotatable bonds is 4. The van der Waals surface area contributed by atoms with Crippen molar-refractivity contribution in [3.05, 3.63) is 82.4 Å². The number of ketones is 1. The number of nitrogens with zero attached hydrogens (tertiary/aromatic N) is 1. The molecule has 0 unspecified atom stereocenters. The Morgan fingerprint density at radius 3 is 2.55 bits per heavy atom. The second-order valence-electron chi connectivity index (χ2n) is 6.01. The Hall–Kier alpha value is -2.19. The number of hydrogen-bond donors (Lipinski definition) is 0. The number of carbonyl (C=O) groups excluding carboxylic acids is 1. The van der Waals surface area contributed by atoms with E-state index in [0.29, 0.717) is 0 Å². The maximum Gasteiger partial charge on any atom is 0.193 e. The zero-order valence-electron chi connectivity index (χ0n) is 13.2. The van der Waals surface area contributed by atoms with Crippen molar-refractivity contribution in [2.45, 2.75) is 20.4 Å². The Balaban J connectivity index is 1.83. The Morgan fingerprint density at radius 2 is 1.82 bits per heavy atom. The lowest BCUT2D eigenvalue weighted by atomic mass is 9.96. The number of hydrogen-bond acceptors (Lipinski definition) is 2. The Bertz CT molecular complexity index is 722. The molecule has 22 heavy (non-hydrogen) atoms. The standard InChI is InChI=1S/C20H21NO/c1-15-8-9-19(16(2)12-15)20(22)18-7-5-6-17(13-18)14-21-10-3-4-11-21/h3-9,12-13H,10-11,14H2,1-2H3.